The molecule has 1 heterocycles. The maximum absolute atomic E-state index is 7.13. The molecule has 2 aliphatic carbocycles. The smallest absolute Gasteiger partial charge is 0.0221 e. The number of nitriles is 1. The molecule has 3 aliphatic rings. The molecular formula is C20H37MnN7S2-2. The van der Waals surface area contributed by atoms with E-state index in [1.54, 1.807) is 0 Å². The van der Waals surface area contributed by atoms with Crippen LogP contribution in [0.4, 0.5) is 0 Å². The number of hydrogen-bond acceptors (Lipinski definition) is 8. The SMILES string of the molecule is C1CC[C@H]2NCCN[C@@H]3CCCC[C@H]3NCCNCCN[C@@H]2C1.N#C[S-].[Mn].[N-]=C=S. The van der Waals surface area contributed by atoms with Crippen molar-refractivity contribution < 1.29 is 17.1 Å². The third kappa shape index (κ3) is 13.3. The maximum atomic E-state index is 7.13. The van der Waals surface area contributed by atoms with E-state index in [0.717, 1.165) is 39.3 Å². The molecule has 1 saturated heterocycles. The molecule has 0 aromatic rings. The summed E-state index contributed by atoms with van der Waals surface area (Å²) in [5, 5.41) is 35.7. The largest absolute Gasteiger partial charge is 0.753 e. The van der Waals surface area contributed by atoms with Crippen molar-refractivity contribution in [1.29, 1.82) is 5.26 Å². The number of rotatable bonds is 0. The molecule has 7 nitrogen and oxygen atoms in total. The van der Waals surface area contributed by atoms with Gasteiger partial charge in [0.2, 0.25) is 0 Å². The normalized spacial score (nSPS) is 30.1. The fourth-order valence-corrected chi connectivity index (χ4v) is 4.57. The van der Waals surface area contributed by atoms with Gasteiger partial charge in [0.15, 0.2) is 0 Å². The standard InChI is InChI=1S/C18H37N5.CHNS.CNS.Mn/c1-3-7-17-15(5-1)20-11-9-19-10-12-21-16-6-2-4-8-18(16)23-14-13-22-17;2*2-1-3;/h15-23H,1-14H2;3H;;/q;;-1;/p-1/t15-,16-,17-,18-;;;/m1.../s1. The Morgan fingerprint density at radius 1 is 0.700 bits per heavy atom. The molecule has 3 fully saturated rings. The quantitative estimate of drug-likeness (QED) is 0.113. The summed E-state index contributed by atoms with van der Waals surface area (Å²) in [5.41, 5.74) is 0. The van der Waals surface area contributed by atoms with E-state index in [1.165, 1.54) is 61.9 Å². The molecule has 0 aromatic carbocycles. The summed E-state index contributed by atoms with van der Waals surface area (Å²) >= 11 is 7.40. The molecule has 5 N–H and O–H groups in total. The van der Waals surface area contributed by atoms with Gasteiger partial charge in [0, 0.05) is 80.5 Å². The van der Waals surface area contributed by atoms with Crippen LogP contribution in [0.1, 0.15) is 51.4 Å². The van der Waals surface area contributed by atoms with Gasteiger partial charge in [0.25, 0.3) is 0 Å². The van der Waals surface area contributed by atoms with Crippen LogP contribution in [0.15, 0.2) is 0 Å². The number of hydrogen-bond donors (Lipinski definition) is 5. The molecule has 3 rings (SSSR count). The van der Waals surface area contributed by atoms with E-state index >= 15 is 0 Å². The van der Waals surface area contributed by atoms with Crippen LogP contribution < -0.4 is 26.6 Å². The van der Waals surface area contributed by atoms with E-state index in [2.05, 4.69) is 51.4 Å². The van der Waals surface area contributed by atoms with Crippen LogP contribution in [0, 0.1) is 10.7 Å². The van der Waals surface area contributed by atoms with Crippen molar-refractivity contribution in [1.82, 2.24) is 26.6 Å². The van der Waals surface area contributed by atoms with Crippen LogP contribution >= 0.6 is 12.2 Å². The van der Waals surface area contributed by atoms with E-state index in [1.807, 2.05) is 0 Å². The van der Waals surface area contributed by atoms with Gasteiger partial charge in [-0.15, -0.1) is 0 Å². The van der Waals surface area contributed by atoms with Crippen LogP contribution in [0.25, 0.3) is 5.41 Å². The van der Waals surface area contributed by atoms with E-state index in [-0.39, 0.29) is 17.1 Å². The first-order valence-corrected chi connectivity index (χ1v) is 11.7. The van der Waals surface area contributed by atoms with Gasteiger partial charge in [-0.1, -0.05) is 43.3 Å². The van der Waals surface area contributed by atoms with E-state index < -0.39 is 0 Å². The summed E-state index contributed by atoms with van der Waals surface area (Å²) in [7, 11) is 0. The first kappa shape index (κ1) is 29.8. The number of isothiocyanates is 1. The Kier molecular flexibility index (Phi) is 20.6. The van der Waals surface area contributed by atoms with Crippen molar-refractivity contribution in [3.8, 4) is 5.40 Å². The molecule has 2 saturated carbocycles. The summed E-state index contributed by atoms with van der Waals surface area (Å²) in [6.07, 6.45) is 10.9. The number of thiocarbonyl (C=S) groups is 1. The van der Waals surface area contributed by atoms with Crippen molar-refractivity contribution in [3.63, 3.8) is 0 Å². The molecule has 0 amide bonds. The van der Waals surface area contributed by atoms with Crippen LogP contribution in [0.3, 0.4) is 0 Å². The maximum Gasteiger partial charge on any atom is 0.0221 e. The van der Waals surface area contributed by atoms with Crippen LogP contribution in [-0.2, 0) is 29.7 Å². The fraction of sp³-hybridized carbons (Fsp3) is 0.900. The second-order valence-corrected chi connectivity index (χ2v) is 8.11. The van der Waals surface area contributed by atoms with Crippen molar-refractivity contribution >= 4 is 30.0 Å². The average molecular weight is 495 g/mol. The van der Waals surface area contributed by atoms with Crippen LogP contribution in [0.5, 0.6) is 0 Å². The van der Waals surface area contributed by atoms with Gasteiger partial charge in [-0.25, -0.2) is 5.26 Å². The molecule has 1 radical (unpaired) electrons. The number of nitrogens with zero attached hydrogens (tertiary/aromatic N) is 2. The zero-order chi connectivity index (χ0) is 21.2. The molecule has 173 valence electrons. The summed E-state index contributed by atoms with van der Waals surface area (Å²) < 4.78 is 0. The van der Waals surface area contributed by atoms with Gasteiger partial charge in [-0.05, 0) is 25.7 Å². The molecule has 0 unspecified atom stereocenters. The van der Waals surface area contributed by atoms with Crippen LogP contribution in [0.2, 0.25) is 0 Å². The number of fused-ring (bicyclic) bond motifs is 2. The molecular weight excluding hydrogens is 457 g/mol. The summed E-state index contributed by atoms with van der Waals surface area (Å²) in [4.78, 5) is 0. The molecule has 0 bridgehead atoms. The Bertz CT molecular complexity index is 456. The summed E-state index contributed by atoms with van der Waals surface area (Å²) in [6.45, 7) is 6.55. The second kappa shape index (κ2) is 20.7. The van der Waals surface area contributed by atoms with Crippen molar-refractivity contribution in [2.45, 2.75) is 75.5 Å². The van der Waals surface area contributed by atoms with Gasteiger partial charge in [-0.3, -0.25) is 0 Å². The fourth-order valence-electron chi connectivity index (χ4n) is 4.57. The second-order valence-electron chi connectivity index (χ2n) is 7.74. The number of nitrogens with one attached hydrogen (secondary N) is 5. The number of thiocyanates is 1. The molecule has 10 heteroatoms. The zero-order valence-corrected chi connectivity index (χ0v) is 20.6. The van der Waals surface area contributed by atoms with Crippen molar-refractivity contribution in [3.05, 3.63) is 5.41 Å². The van der Waals surface area contributed by atoms with E-state index in [4.69, 9.17) is 10.7 Å². The molecule has 30 heavy (non-hydrogen) atoms. The first-order valence-electron chi connectivity index (χ1n) is 10.9. The Morgan fingerprint density at radius 3 is 1.20 bits per heavy atom. The Balaban J connectivity index is 0.00000108. The van der Waals surface area contributed by atoms with Gasteiger partial charge in [0.1, 0.15) is 0 Å². The van der Waals surface area contributed by atoms with Gasteiger partial charge < -0.3 is 44.6 Å². The molecule has 1 aliphatic heterocycles. The Hall–Kier alpha value is -0.171. The van der Waals surface area contributed by atoms with Gasteiger partial charge in [0.05, 0.1) is 0 Å². The third-order valence-electron chi connectivity index (χ3n) is 5.89. The molecule has 0 aromatic heterocycles. The summed E-state index contributed by atoms with van der Waals surface area (Å²) in [5.74, 6) is 0. The molecule has 0 spiro atoms. The Morgan fingerprint density at radius 2 is 0.933 bits per heavy atom. The first-order chi connectivity index (χ1) is 14.3. The van der Waals surface area contributed by atoms with E-state index in [0.29, 0.717) is 24.2 Å². The predicted octanol–water partition coefficient (Wildman–Crippen LogP) is 1.24. The summed E-state index contributed by atoms with van der Waals surface area (Å²) in [6, 6.07) is 2.65. The molecule has 4 atom stereocenters. The zero-order valence-electron chi connectivity index (χ0n) is 17.8. The average Bonchev–Trinajstić information content (AvgIpc) is 2.73. The van der Waals surface area contributed by atoms with Gasteiger partial charge >= 0.3 is 0 Å². The predicted molar refractivity (Wildman–Crippen MR) is 126 cm³/mol. The monoisotopic (exact) mass is 494 g/mol. The minimum atomic E-state index is 0. The topological polar surface area (TPSA) is 106 Å². The van der Waals surface area contributed by atoms with Gasteiger partial charge in [-0.2, -0.15) is 5.16 Å². The Labute approximate surface area is 204 Å². The van der Waals surface area contributed by atoms with Crippen molar-refractivity contribution in [2.24, 2.45) is 0 Å². The minimum absolute atomic E-state index is 0. The van der Waals surface area contributed by atoms with Crippen LogP contribution in [-0.4, -0.2) is 68.6 Å². The van der Waals surface area contributed by atoms with Crippen molar-refractivity contribution in [2.75, 3.05) is 39.3 Å². The van der Waals surface area contributed by atoms with E-state index in [9.17, 15) is 0 Å². The minimum Gasteiger partial charge on any atom is -0.753 e. The third-order valence-corrected chi connectivity index (χ3v) is 5.89.